The molecule has 4 N–H and O–H groups in total. The third kappa shape index (κ3) is 32.9. The predicted octanol–water partition coefficient (Wildman–Crippen LogP) is 9.14. The molecule has 0 rings (SSSR count). The van der Waals surface area contributed by atoms with Gasteiger partial charge in [0.1, 0.15) is 6.61 Å². The molecule has 0 aromatic heterocycles. The highest BCUT2D eigenvalue weighted by molar-refractivity contribution is 5.70. The van der Waals surface area contributed by atoms with Gasteiger partial charge in [0, 0.05) is 12.8 Å². The standard InChI is InChI=1S/C42H74O8/c1-3-5-7-8-9-10-11-12-13-14-15-16-17-18-23-27-33-42(48)50-38(35-43)36-49-41(47)34-28-32-40(46)39(45)31-26-22-20-19-21-25-30-37(44)29-24-6-4-2/h19-22,25-26,30-31,37-40,43-46H,3-18,23-24,27-29,32-36H2,1-2H3/b21-19-,22-20+,30-25+,31-26+/t37-,38+,39-,40-/m1/s1. The van der Waals surface area contributed by atoms with Crippen LogP contribution in [0.3, 0.4) is 0 Å². The molecule has 8 nitrogen and oxygen atoms in total. The van der Waals surface area contributed by atoms with E-state index in [0.717, 1.165) is 44.9 Å². The molecule has 290 valence electrons. The Balaban J connectivity index is 3.89. The summed E-state index contributed by atoms with van der Waals surface area (Å²) in [5.41, 5.74) is 0. The van der Waals surface area contributed by atoms with Crippen LogP contribution in [-0.4, -0.2) is 70.0 Å². The van der Waals surface area contributed by atoms with Gasteiger partial charge in [0.05, 0.1) is 24.9 Å². The molecule has 0 bridgehead atoms. The van der Waals surface area contributed by atoms with Gasteiger partial charge < -0.3 is 29.9 Å². The highest BCUT2D eigenvalue weighted by atomic mass is 16.6. The maximum absolute atomic E-state index is 12.2. The summed E-state index contributed by atoms with van der Waals surface area (Å²) in [5.74, 6) is -0.918. The first-order valence-corrected chi connectivity index (χ1v) is 20.0. The highest BCUT2D eigenvalue weighted by Gasteiger charge is 2.17. The van der Waals surface area contributed by atoms with Crippen molar-refractivity contribution in [1.29, 1.82) is 0 Å². The SMILES string of the molecule is CCCCCCCCCCCCCCCCCCC(=O)O[C@@H](CO)COC(=O)CCC[C@@H](O)[C@H](O)/C=C/C=C/C=C\C=C\[C@H](O)CCCCC. The highest BCUT2D eigenvalue weighted by Crippen LogP contribution is 2.15. The Bertz CT molecular complexity index is 896. The summed E-state index contributed by atoms with van der Waals surface area (Å²) < 4.78 is 10.4. The molecule has 0 aliphatic rings. The van der Waals surface area contributed by atoms with Gasteiger partial charge in [-0.3, -0.25) is 9.59 Å². The van der Waals surface area contributed by atoms with Gasteiger partial charge >= 0.3 is 11.9 Å². The molecule has 0 heterocycles. The monoisotopic (exact) mass is 707 g/mol. The number of allylic oxidation sites excluding steroid dienone is 6. The van der Waals surface area contributed by atoms with Crippen molar-refractivity contribution >= 4 is 11.9 Å². The Morgan fingerprint density at radius 2 is 1.00 bits per heavy atom. The molecule has 50 heavy (non-hydrogen) atoms. The Morgan fingerprint density at radius 3 is 1.54 bits per heavy atom. The molecular formula is C42H74O8. The van der Waals surface area contributed by atoms with Crippen LogP contribution in [0.1, 0.15) is 168 Å². The molecule has 0 aromatic rings. The molecule has 0 saturated carbocycles. The van der Waals surface area contributed by atoms with Crippen LogP contribution in [0.25, 0.3) is 0 Å². The van der Waals surface area contributed by atoms with Crippen LogP contribution in [0.15, 0.2) is 48.6 Å². The molecule has 0 unspecified atom stereocenters. The molecule has 0 radical (unpaired) electrons. The number of carbonyl (C=O) groups excluding carboxylic acids is 2. The van der Waals surface area contributed by atoms with E-state index in [4.69, 9.17) is 9.47 Å². The third-order valence-corrected chi connectivity index (χ3v) is 8.74. The van der Waals surface area contributed by atoms with Gasteiger partial charge in [0.15, 0.2) is 6.10 Å². The van der Waals surface area contributed by atoms with Gasteiger partial charge in [-0.05, 0) is 25.7 Å². The predicted molar refractivity (Wildman–Crippen MR) is 205 cm³/mol. The summed E-state index contributed by atoms with van der Waals surface area (Å²) in [7, 11) is 0. The van der Waals surface area contributed by atoms with Crippen molar-refractivity contribution in [3.63, 3.8) is 0 Å². The van der Waals surface area contributed by atoms with Crippen molar-refractivity contribution < 1.29 is 39.5 Å². The number of aliphatic hydroxyl groups excluding tert-OH is 4. The molecule has 0 fully saturated rings. The van der Waals surface area contributed by atoms with Gasteiger partial charge in [0.25, 0.3) is 0 Å². The van der Waals surface area contributed by atoms with E-state index in [1.807, 2.05) is 6.08 Å². The molecule has 0 aliphatic carbocycles. The third-order valence-electron chi connectivity index (χ3n) is 8.74. The molecule has 0 saturated heterocycles. The van der Waals surface area contributed by atoms with E-state index in [1.165, 1.54) is 89.5 Å². The zero-order valence-electron chi connectivity index (χ0n) is 31.7. The van der Waals surface area contributed by atoms with Crippen molar-refractivity contribution in [2.45, 2.75) is 192 Å². The minimum Gasteiger partial charge on any atom is -0.462 e. The van der Waals surface area contributed by atoms with Crippen LogP contribution in [0.4, 0.5) is 0 Å². The lowest BCUT2D eigenvalue weighted by Gasteiger charge is -2.16. The smallest absolute Gasteiger partial charge is 0.306 e. The normalized spacial score (nSPS) is 14.6. The fourth-order valence-corrected chi connectivity index (χ4v) is 5.53. The Labute approximate surface area is 305 Å². The minimum absolute atomic E-state index is 0.0320. The number of ether oxygens (including phenoxy) is 2. The topological polar surface area (TPSA) is 134 Å². The van der Waals surface area contributed by atoms with Crippen LogP contribution in [-0.2, 0) is 19.1 Å². The van der Waals surface area contributed by atoms with E-state index >= 15 is 0 Å². The summed E-state index contributed by atoms with van der Waals surface area (Å²) in [6, 6.07) is 0. The van der Waals surface area contributed by atoms with Gasteiger partial charge in [-0.25, -0.2) is 0 Å². The van der Waals surface area contributed by atoms with Crippen molar-refractivity contribution in [3.05, 3.63) is 48.6 Å². The van der Waals surface area contributed by atoms with Crippen LogP contribution < -0.4 is 0 Å². The summed E-state index contributed by atoms with van der Waals surface area (Å²) >= 11 is 0. The number of hydrogen-bond acceptors (Lipinski definition) is 8. The van der Waals surface area contributed by atoms with E-state index in [1.54, 1.807) is 36.5 Å². The molecule has 0 amide bonds. The number of carbonyl (C=O) groups is 2. The number of hydrogen-bond donors (Lipinski definition) is 4. The minimum atomic E-state index is -1.08. The van der Waals surface area contributed by atoms with Crippen molar-refractivity contribution in [3.8, 4) is 0 Å². The molecular weight excluding hydrogens is 632 g/mol. The van der Waals surface area contributed by atoms with E-state index in [0.29, 0.717) is 6.42 Å². The van der Waals surface area contributed by atoms with Crippen LogP contribution >= 0.6 is 0 Å². The molecule has 4 atom stereocenters. The first-order chi connectivity index (χ1) is 24.3. The van der Waals surface area contributed by atoms with Crippen LogP contribution in [0.5, 0.6) is 0 Å². The van der Waals surface area contributed by atoms with Crippen molar-refractivity contribution in [1.82, 2.24) is 0 Å². The fourth-order valence-electron chi connectivity index (χ4n) is 5.53. The maximum atomic E-state index is 12.2. The quantitative estimate of drug-likeness (QED) is 0.0291. The van der Waals surface area contributed by atoms with E-state index in [2.05, 4.69) is 13.8 Å². The lowest BCUT2D eigenvalue weighted by Crippen LogP contribution is -2.28. The van der Waals surface area contributed by atoms with Gasteiger partial charge in [-0.2, -0.15) is 0 Å². The van der Waals surface area contributed by atoms with E-state index < -0.39 is 43.0 Å². The summed E-state index contributed by atoms with van der Waals surface area (Å²) in [6.07, 6.45) is 35.4. The largest absolute Gasteiger partial charge is 0.462 e. The first kappa shape index (κ1) is 47.7. The first-order valence-electron chi connectivity index (χ1n) is 20.0. The van der Waals surface area contributed by atoms with Crippen molar-refractivity contribution in [2.24, 2.45) is 0 Å². The zero-order valence-corrected chi connectivity index (χ0v) is 31.7. The molecule has 0 aliphatic heterocycles. The van der Waals surface area contributed by atoms with Crippen LogP contribution in [0, 0.1) is 0 Å². The van der Waals surface area contributed by atoms with E-state index in [9.17, 15) is 30.0 Å². The lowest BCUT2D eigenvalue weighted by molar-refractivity contribution is -0.161. The van der Waals surface area contributed by atoms with Gasteiger partial charge in [0.2, 0.25) is 0 Å². The number of rotatable bonds is 35. The fraction of sp³-hybridized carbons (Fsp3) is 0.762. The lowest BCUT2D eigenvalue weighted by atomic mass is 10.0. The summed E-state index contributed by atoms with van der Waals surface area (Å²) in [4.78, 5) is 24.3. The van der Waals surface area contributed by atoms with Gasteiger partial charge in [-0.1, -0.05) is 178 Å². The molecule has 0 spiro atoms. The Morgan fingerprint density at radius 1 is 0.540 bits per heavy atom. The summed E-state index contributed by atoms with van der Waals surface area (Å²) in [6.45, 7) is 3.74. The second kappa shape index (κ2) is 36.5. The number of aliphatic hydroxyl groups is 4. The molecule has 0 aromatic carbocycles. The second-order valence-corrected chi connectivity index (χ2v) is 13.6. The van der Waals surface area contributed by atoms with E-state index in [-0.39, 0.29) is 25.9 Å². The summed E-state index contributed by atoms with van der Waals surface area (Å²) in [5, 5.41) is 39.7. The van der Waals surface area contributed by atoms with Gasteiger partial charge in [-0.15, -0.1) is 0 Å². The second-order valence-electron chi connectivity index (χ2n) is 13.6. The maximum Gasteiger partial charge on any atom is 0.306 e. The average molecular weight is 707 g/mol. The number of esters is 2. The molecule has 8 heteroatoms. The average Bonchev–Trinajstić information content (AvgIpc) is 3.10. The van der Waals surface area contributed by atoms with Crippen LogP contribution in [0.2, 0.25) is 0 Å². The zero-order chi connectivity index (χ0) is 36.9. The Kier molecular flexibility index (Phi) is 34.9. The number of unbranched alkanes of at least 4 members (excludes halogenated alkanes) is 17. The Hall–Kier alpha value is -2.26. The van der Waals surface area contributed by atoms with Crippen molar-refractivity contribution in [2.75, 3.05) is 13.2 Å².